The van der Waals surface area contributed by atoms with Gasteiger partial charge in [-0.05, 0) is 67.2 Å². The van der Waals surface area contributed by atoms with E-state index < -0.39 is 31.2 Å². The van der Waals surface area contributed by atoms with Crippen molar-refractivity contribution in [3.05, 3.63) is 12.5 Å². The summed E-state index contributed by atoms with van der Waals surface area (Å²) in [4.78, 5) is 14.3. The molecule has 4 atom stereocenters. The molecule has 0 radical (unpaired) electrons. The van der Waals surface area contributed by atoms with Gasteiger partial charge in [0.15, 0.2) is 36.8 Å². The highest BCUT2D eigenvalue weighted by molar-refractivity contribution is 6.75. The number of fused-ring (bicyclic) bond motifs is 1. The molecule has 13 heteroatoms. The zero-order chi connectivity index (χ0) is 34.5. The molecule has 2 fully saturated rings. The molecule has 262 valence electrons. The second-order valence-electron chi connectivity index (χ2n) is 18.0. The van der Waals surface area contributed by atoms with Crippen molar-refractivity contribution in [2.45, 2.75) is 161 Å². The lowest BCUT2D eigenvalue weighted by Gasteiger charge is -2.44. The SMILES string of the molecule is CC(C)(C)[Si](C)(C)OC[C@H]1O[C@@H](n2cnc3cnc(NN4CCCCC4)nc32)[C@H](O[Si](C)(C)C(C)(C)C)[C@@H]1O[Si](C)(C)C(C)(C)C. The summed E-state index contributed by atoms with van der Waals surface area (Å²) < 4.78 is 30.6. The highest BCUT2D eigenvalue weighted by Gasteiger charge is 2.55. The van der Waals surface area contributed by atoms with Crippen molar-refractivity contribution in [3.63, 3.8) is 0 Å². The Balaban J connectivity index is 1.79. The molecule has 4 heterocycles. The molecule has 2 aromatic heterocycles. The van der Waals surface area contributed by atoms with Crippen molar-refractivity contribution in [2.24, 2.45) is 0 Å². The van der Waals surface area contributed by atoms with E-state index in [2.05, 4.69) is 117 Å². The Morgan fingerprint density at radius 1 is 0.783 bits per heavy atom. The number of nitrogens with one attached hydrogen (secondary N) is 1. The third-order valence-electron chi connectivity index (χ3n) is 11.4. The molecule has 0 aromatic carbocycles. The van der Waals surface area contributed by atoms with Crippen molar-refractivity contribution in [1.82, 2.24) is 24.5 Å². The van der Waals surface area contributed by atoms with Crippen LogP contribution in [0.1, 0.15) is 87.8 Å². The van der Waals surface area contributed by atoms with E-state index in [4.69, 9.17) is 28.0 Å². The van der Waals surface area contributed by atoms with E-state index in [9.17, 15) is 0 Å². The van der Waals surface area contributed by atoms with Crippen LogP contribution >= 0.6 is 0 Å². The number of anilines is 1. The van der Waals surface area contributed by atoms with E-state index in [-0.39, 0.29) is 33.4 Å². The maximum absolute atomic E-state index is 7.35. The molecule has 0 spiro atoms. The highest BCUT2D eigenvalue weighted by atomic mass is 28.4. The van der Waals surface area contributed by atoms with Crippen molar-refractivity contribution in [3.8, 4) is 0 Å². The molecule has 4 rings (SSSR count). The number of hydrazine groups is 1. The maximum atomic E-state index is 7.35. The van der Waals surface area contributed by atoms with Crippen LogP contribution in [0, 0.1) is 0 Å². The predicted molar refractivity (Wildman–Crippen MR) is 196 cm³/mol. The van der Waals surface area contributed by atoms with Gasteiger partial charge in [0.2, 0.25) is 5.95 Å². The average Bonchev–Trinajstić information content (AvgIpc) is 3.46. The zero-order valence-electron chi connectivity index (χ0n) is 31.6. The number of hydrogen-bond acceptors (Lipinski definition) is 9. The van der Waals surface area contributed by atoms with Crippen LogP contribution in [0.3, 0.4) is 0 Å². The molecule has 0 amide bonds. The maximum Gasteiger partial charge on any atom is 0.239 e. The fourth-order valence-electron chi connectivity index (χ4n) is 5.09. The lowest BCUT2D eigenvalue weighted by atomic mass is 10.1. The summed E-state index contributed by atoms with van der Waals surface area (Å²) in [5.74, 6) is 0.572. The predicted octanol–water partition coefficient (Wildman–Crippen LogP) is 8.34. The van der Waals surface area contributed by atoms with Gasteiger partial charge in [-0.15, -0.1) is 0 Å². The van der Waals surface area contributed by atoms with Crippen LogP contribution in [-0.2, 0) is 18.0 Å². The molecule has 2 saturated heterocycles. The lowest BCUT2D eigenvalue weighted by Crippen LogP contribution is -2.54. The molecule has 10 nitrogen and oxygen atoms in total. The van der Waals surface area contributed by atoms with Gasteiger partial charge in [0.05, 0.1) is 19.1 Å². The van der Waals surface area contributed by atoms with E-state index in [1.54, 1.807) is 6.20 Å². The van der Waals surface area contributed by atoms with Gasteiger partial charge in [0.25, 0.3) is 0 Å². The van der Waals surface area contributed by atoms with Crippen LogP contribution in [0.2, 0.25) is 54.4 Å². The number of nitrogens with zero attached hydrogens (tertiary/aromatic N) is 5. The van der Waals surface area contributed by atoms with Gasteiger partial charge in [-0.2, -0.15) is 4.98 Å². The number of piperidine rings is 1. The summed E-state index contributed by atoms with van der Waals surface area (Å²) in [5, 5.41) is 2.30. The van der Waals surface area contributed by atoms with Crippen molar-refractivity contribution >= 4 is 42.1 Å². The van der Waals surface area contributed by atoms with Crippen LogP contribution in [0.25, 0.3) is 11.2 Å². The Bertz CT molecular complexity index is 1330. The van der Waals surface area contributed by atoms with Gasteiger partial charge in [-0.1, -0.05) is 68.7 Å². The standard InChI is InChI=1S/C33H64N6O4Si3/c1-31(2,3)44(10,11)40-22-25-26(42-45(12,13)32(4,5)6)27(43-46(14,15)33(7,8)9)29(41-25)39-23-35-24-21-34-30(36-28(24)39)37-38-19-17-16-18-20-38/h21,23,25-27,29H,16-20,22H2,1-15H3,(H,34,36,37)/t25-,26-,27-,29-/m1/s1. The lowest BCUT2D eigenvalue weighted by molar-refractivity contribution is -0.0470. The Labute approximate surface area is 282 Å². The van der Waals surface area contributed by atoms with E-state index in [0.29, 0.717) is 12.6 Å². The molecular weight excluding hydrogens is 629 g/mol. The second-order valence-corrected chi connectivity index (χ2v) is 32.4. The molecule has 0 bridgehead atoms. The van der Waals surface area contributed by atoms with E-state index in [0.717, 1.165) is 24.3 Å². The quantitative estimate of drug-likeness (QED) is 0.247. The Morgan fingerprint density at radius 2 is 1.33 bits per heavy atom. The zero-order valence-corrected chi connectivity index (χ0v) is 34.6. The van der Waals surface area contributed by atoms with Crippen molar-refractivity contribution < 1.29 is 18.0 Å². The van der Waals surface area contributed by atoms with Gasteiger partial charge in [-0.25, -0.2) is 15.0 Å². The Kier molecular flexibility index (Phi) is 10.8. The minimum Gasteiger partial charge on any atom is -0.414 e. The summed E-state index contributed by atoms with van der Waals surface area (Å²) in [7, 11) is -6.59. The number of imidazole rings is 1. The normalized spacial score (nSPS) is 24.6. The molecular formula is C33H64N6O4Si3. The molecule has 2 aliphatic heterocycles. The fraction of sp³-hybridized carbons (Fsp3) is 0.848. The summed E-state index contributed by atoms with van der Waals surface area (Å²) in [6.45, 7) is 36.8. The average molecular weight is 693 g/mol. The van der Waals surface area contributed by atoms with Crippen LogP contribution < -0.4 is 5.43 Å². The number of hydrogen-bond donors (Lipinski definition) is 1. The van der Waals surface area contributed by atoms with Gasteiger partial charge in [-0.3, -0.25) is 9.99 Å². The minimum atomic E-state index is -2.28. The minimum absolute atomic E-state index is 0.000488. The first-order valence-corrected chi connectivity index (χ1v) is 26.0. The smallest absolute Gasteiger partial charge is 0.239 e. The number of rotatable bonds is 10. The van der Waals surface area contributed by atoms with Gasteiger partial charge < -0.3 is 18.0 Å². The van der Waals surface area contributed by atoms with Crippen molar-refractivity contribution in [1.29, 1.82) is 0 Å². The first kappa shape index (κ1) is 37.6. The first-order valence-electron chi connectivity index (χ1n) is 17.3. The van der Waals surface area contributed by atoms with Crippen LogP contribution in [-0.4, -0.2) is 87.5 Å². The topological polar surface area (TPSA) is 95.8 Å². The molecule has 0 aliphatic carbocycles. The van der Waals surface area contributed by atoms with Gasteiger partial charge in [0.1, 0.15) is 23.8 Å². The largest absolute Gasteiger partial charge is 0.414 e. The fourth-order valence-corrected chi connectivity index (χ4v) is 8.71. The van der Waals surface area contributed by atoms with Gasteiger partial charge >= 0.3 is 0 Å². The molecule has 0 saturated carbocycles. The monoisotopic (exact) mass is 692 g/mol. The molecule has 46 heavy (non-hydrogen) atoms. The van der Waals surface area contributed by atoms with E-state index in [1.165, 1.54) is 19.3 Å². The summed E-state index contributed by atoms with van der Waals surface area (Å²) >= 11 is 0. The Hall–Kier alpha value is -1.20. The summed E-state index contributed by atoms with van der Waals surface area (Å²) in [5.41, 5.74) is 4.88. The Morgan fingerprint density at radius 3 is 1.87 bits per heavy atom. The van der Waals surface area contributed by atoms with Crippen LogP contribution in [0.15, 0.2) is 12.5 Å². The number of ether oxygens (including phenoxy) is 1. The van der Waals surface area contributed by atoms with E-state index >= 15 is 0 Å². The molecule has 2 aromatic rings. The van der Waals surface area contributed by atoms with Crippen molar-refractivity contribution in [2.75, 3.05) is 25.1 Å². The third kappa shape index (κ3) is 8.15. The summed E-state index contributed by atoms with van der Waals surface area (Å²) in [6, 6.07) is 0. The second kappa shape index (κ2) is 13.3. The molecule has 2 aliphatic rings. The first-order chi connectivity index (χ1) is 20.9. The van der Waals surface area contributed by atoms with Crippen LogP contribution in [0.4, 0.5) is 5.95 Å². The number of aromatic nitrogens is 4. The molecule has 0 unspecified atom stereocenters. The van der Waals surface area contributed by atoms with Crippen LogP contribution in [0.5, 0.6) is 0 Å². The summed E-state index contributed by atoms with van der Waals surface area (Å²) in [6.07, 6.45) is 5.75. The van der Waals surface area contributed by atoms with E-state index in [1.807, 2.05) is 10.9 Å². The highest BCUT2D eigenvalue weighted by Crippen LogP contribution is 2.47. The third-order valence-corrected chi connectivity index (χ3v) is 24.8. The molecule has 1 N–H and O–H groups in total. The van der Waals surface area contributed by atoms with Gasteiger partial charge in [0, 0.05) is 13.1 Å².